The van der Waals surface area contributed by atoms with Crippen LogP contribution in [0.25, 0.3) is 11.3 Å². The van der Waals surface area contributed by atoms with Gasteiger partial charge in [-0.2, -0.15) is 5.10 Å². The minimum absolute atomic E-state index is 0.0820. The van der Waals surface area contributed by atoms with E-state index in [0.29, 0.717) is 18.0 Å². The van der Waals surface area contributed by atoms with Crippen LogP contribution in [0.2, 0.25) is 0 Å². The molecule has 0 bridgehead atoms. The number of carbonyl (C=O) groups excluding carboxylic acids is 1. The Morgan fingerprint density at radius 1 is 0.967 bits per heavy atom. The lowest BCUT2D eigenvalue weighted by Gasteiger charge is -2.21. The van der Waals surface area contributed by atoms with Gasteiger partial charge in [0.2, 0.25) is 0 Å². The molecule has 1 aliphatic rings. The van der Waals surface area contributed by atoms with Gasteiger partial charge in [0.25, 0.3) is 5.91 Å². The van der Waals surface area contributed by atoms with Crippen LogP contribution in [0, 0.1) is 13.8 Å². The normalized spacial score (nSPS) is 13.5. The third-order valence-corrected chi connectivity index (χ3v) is 5.60. The Balaban J connectivity index is 1.62. The van der Waals surface area contributed by atoms with Gasteiger partial charge < -0.3 is 14.4 Å². The first-order chi connectivity index (χ1) is 14.5. The molecule has 1 aromatic heterocycles. The molecule has 0 saturated heterocycles. The molecule has 0 N–H and O–H groups in total. The monoisotopic (exact) mass is 405 g/mol. The summed E-state index contributed by atoms with van der Waals surface area (Å²) in [6.45, 7) is 6.07. The van der Waals surface area contributed by atoms with E-state index in [0.717, 1.165) is 53.2 Å². The Hall–Kier alpha value is -3.28. The second kappa shape index (κ2) is 8.22. The maximum atomic E-state index is 13.2. The Morgan fingerprint density at radius 3 is 2.53 bits per heavy atom. The zero-order valence-corrected chi connectivity index (χ0v) is 17.9. The number of carbonyl (C=O) groups is 1. The molecule has 0 unspecified atom stereocenters. The van der Waals surface area contributed by atoms with Crippen molar-refractivity contribution in [3.8, 4) is 22.8 Å². The largest absolute Gasteiger partial charge is 0.493 e. The number of methoxy groups -OCH3 is 2. The summed E-state index contributed by atoms with van der Waals surface area (Å²) in [7, 11) is 3.25. The standard InChI is InChI=1S/C24H27N3O3/c1-16-6-7-17(2)20(12-16)24(28)26-10-5-11-27-19(15-26)14-21(25-27)18-8-9-22(29-3)23(13-18)30-4/h6-9,12-14H,5,10-11,15H2,1-4H3. The molecule has 1 aliphatic heterocycles. The molecule has 1 amide bonds. The SMILES string of the molecule is COc1ccc(-c2cc3n(n2)CCCN(C(=O)c2cc(C)ccc2C)C3)cc1OC. The number of benzene rings is 2. The van der Waals surface area contributed by atoms with Crippen molar-refractivity contribution in [2.24, 2.45) is 0 Å². The van der Waals surface area contributed by atoms with Crippen LogP contribution in [0.5, 0.6) is 11.5 Å². The van der Waals surface area contributed by atoms with Crippen molar-refractivity contribution in [1.29, 1.82) is 0 Å². The fourth-order valence-corrected chi connectivity index (χ4v) is 3.91. The van der Waals surface area contributed by atoms with E-state index < -0.39 is 0 Å². The molecule has 6 nitrogen and oxygen atoms in total. The van der Waals surface area contributed by atoms with Crippen LogP contribution in [-0.4, -0.2) is 41.4 Å². The maximum Gasteiger partial charge on any atom is 0.254 e. The van der Waals surface area contributed by atoms with Crippen LogP contribution >= 0.6 is 0 Å². The molecule has 6 heteroatoms. The quantitative estimate of drug-likeness (QED) is 0.652. The topological polar surface area (TPSA) is 56.6 Å². The van der Waals surface area contributed by atoms with Gasteiger partial charge >= 0.3 is 0 Å². The summed E-state index contributed by atoms with van der Waals surface area (Å²) in [6, 6.07) is 13.9. The average molecular weight is 405 g/mol. The van der Waals surface area contributed by atoms with E-state index in [-0.39, 0.29) is 5.91 Å². The van der Waals surface area contributed by atoms with Crippen molar-refractivity contribution < 1.29 is 14.3 Å². The summed E-state index contributed by atoms with van der Waals surface area (Å²) in [5.74, 6) is 1.44. The zero-order valence-electron chi connectivity index (χ0n) is 17.9. The van der Waals surface area contributed by atoms with Crippen LogP contribution in [-0.2, 0) is 13.1 Å². The van der Waals surface area contributed by atoms with Gasteiger partial charge in [0.1, 0.15) is 0 Å². The number of amides is 1. The molecule has 0 saturated carbocycles. The molecule has 0 fully saturated rings. The summed E-state index contributed by atoms with van der Waals surface area (Å²) >= 11 is 0. The first-order valence-corrected chi connectivity index (χ1v) is 10.2. The van der Waals surface area contributed by atoms with E-state index in [1.165, 1.54) is 0 Å². The van der Waals surface area contributed by atoms with Gasteiger partial charge in [-0.05, 0) is 56.2 Å². The number of ether oxygens (including phenoxy) is 2. The van der Waals surface area contributed by atoms with Crippen LogP contribution in [0.3, 0.4) is 0 Å². The van der Waals surface area contributed by atoms with E-state index in [1.54, 1.807) is 14.2 Å². The highest BCUT2D eigenvalue weighted by atomic mass is 16.5. The zero-order chi connectivity index (χ0) is 21.3. The fourth-order valence-electron chi connectivity index (χ4n) is 3.91. The number of aryl methyl sites for hydroxylation is 3. The van der Waals surface area contributed by atoms with Crippen LogP contribution in [0.1, 0.15) is 33.6 Å². The van der Waals surface area contributed by atoms with Crippen molar-refractivity contribution in [2.75, 3.05) is 20.8 Å². The third-order valence-electron chi connectivity index (χ3n) is 5.60. The van der Waals surface area contributed by atoms with Crippen molar-refractivity contribution in [2.45, 2.75) is 33.4 Å². The Kier molecular flexibility index (Phi) is 5.48. The summed E-state index contributed by atoms with van der Waals surface area (Å²) in [6.07, 6.45) is 0.872. The van der Waals surface area contributed by atoms with Crippen LogP contribution in [0.15, 0.2) is 42.5 Å². The van der Waals surface area contributed by atoms with Crippen molar-refractivity contribution >= 4 is 5.91 Å². The smallest absolute Gasteiger partial charge is 0.254 e. The predicted octanol–water partition coefficient (Wildman–Crippen LogP) is 4.23. The number of hydrogen-bond acceptors (Lipinski definition) is 4. The molecule has 30 heavy (non-hydrogen) atoms. The highest BCUT2D eigenvalue weighted by Crippen LogP contribution is 2.32. The van der Waals surface area contributed by atoms with E-state index in [1.807, 2.05) is 59.8 Å². The molecule has 0 atom stereocenters. The molecule has 3 aromatic rings. The van der Waals surface area contributed by atoms with Gasteiger partial charge in [0.05, 0.1) is 32.2 Å². The third kappa shape index (κ3) is 3.77. The van der Waals surface area contributed by atoms with Gasteiger partial charge in [-0.3, -0.25) is 9.48 Å². The van der Waals surface area contributed by atoms with Crippen LogP contribution in [0.4, 0.5) is 0 Å². The average Bonchev–Trinajstić information content (AvgIpc) is 3.05. The van der Waals surface area contributed by atoms with E-state index >= 15 is 0 Å². The second-order valence-electron chi connectivity index (χ2n) is 7.71. The van der Waals surface area contributed by atoms with Gasteiger partial charge in [0, 0.05) is 24.2 Å². The Morgan fingerprint density at radius 2 is 1.77 bits per heavy atom. The summed E-state index contributed by atoms with van der Waals surface area (Å²) < 4.78 is 12.8. The number of fused-ring (bicyclic) bond motifs is 1. The number of aromatic nitrogens is 2. The highest BCUT2D eigenvalue weighted by molar-refractivity contribution is 5.95. The molecule has 0 aliphatic carbocycles. The number of rotatable bonds is 4. The molecular weight excluding hydrogens is 378 g/mol. The lowest BCUT2D eigenvalue weighted by molar-refractivity contribution is 0.0745. The van der Waals surface area contributed by atoms with E-state index in [4.69, 9.17) is 14.6 Å². The second-order valence-corrected chi connectivity index (χ2v) is 7.71. The maximum absolute atomic E-state index is 13.2. The predicted molar refractivity (Wildman–Crippen MR) is 116 cm³/mol. The van der Waals surface area contributed by atoms with Gasteiger partial charge in [-0.25, -0.2) is 0 Å². The van der Waals surface area contributed by atoms with Gasteiger partial charge in [-0.1, -0.05) is 17.7 Å². The first-order valence-electron chi connectivity index (χ1n) is 10.2. The molecule has 156 valence electrons. The molecule has 0 spiro atoms. The van der Waals surface area contributed by atoms with Crippen molar-refractivity contribution in [1.82, 2.24) is 14.7 Å². The van der Waals surface area contributed by atoms with Crippen molar-refractivity contribution in [3.05, 3.63) is 64.8 Å². The minimum atomic E-state index is 0.0820. The minimum Gasteiger partial charge on any atom is -0.493 e. The Labute approximate surface area is 177 Å². The number of nitrogens with zero attached hydrogens (tertiary/aromatic N) is 3. The van der Waals surface area contributed by atoms with Crippen LogP contribution < -0.4 is 9.47 Å². The molecule has 2 aromatic carbocycles. The number of hydrogen-bond donors (Lipinski definition) is 0. The van der Waals surface area contributed by atoms with Gasteiger partial charge in [-0.15, -0.1) is 0 Å². The fraction of sp³-hybridized carbons (Fsp3) is 0.333. The molecule has 4 rings (SSSR count). The molecule has 0 radical (unpaired) electrons. The summed E-state index contributed by atoms with van der Waals surface area (Å²) in [4.78, 5) is 15.2. The van der Waals surface area contributed by atoms with E-state index in [9.17, 15) is 4.79 Å². The Bertz CT molecular complexity index is 1090. The van der Waals surface area contributed by atoms with Gasteiger partial charge in [0.15, 0.2) is 11.5 Å². The lowest BCUT2D eigenvalue weighted by atomic mass is 10.0. The van der Waals surface area contributed by atoms with Crippen molar-refractivity contribution in [3.63, 3.8) is 0 Å². The summed E-state index contributed by atoms with van der Waals surface area (Å²) in [5.41, 5.74) is 5.75. The molecular formula is C24H27N3O3. The lowest BCUT2D eigenvalue weighted by Crippen LogP contribution is -2.31. The first kappa shape index (κ1) is 20.0. The molecule has 2 heterocycles. The highest BCUT2D eigenvalue weighted by Gasteiger charge is 2.23. The summed E-state index contributed by atoms with van der Waals surface area (Å²) in [5, 5.41) is 4.79. The van der Waals surface area contributed by atoms with E-state index in [2.05, 4.69) is 6.07 Å².